The van der Waals surface area contributed by atoms with E-state index in [1.807, 2.05) is 19.1 Å². The molecule has 0 unspecified atom stereocenters. The summed E-state index contributed by atoms with van der Waals surface area (Å²) >= 11 is 0.574. The molecule has 0 aliphatic carbocycles. The molecule has 1 amide bonds. The Morgan fingerprint density at radius 1 is 1.04 bits per heavy atom. The first-order valence-electron chi connectivity index (χ1n) is 8.26. The van der Waals surface area contributed by atoms with Gasteiger partial charge in [0, 0.05) is 24.0 Å². The molecule has 1 aromatic heterocycles. The van der Waals surface area contributed by atoms with Gasteiger partial charge in [-0.1, -0.05) is 29.0 Å². The Balaban J connectivity index is 1.77. The van der Waals surface area contributed by atoms with Crippen LogP contribution in [0.1, 0.15) is 21.6 Å². The van der Waals surface area contributed by atoms with Crippen molar-refractivity contribution in [2.45, 2.75) is 18.1 Å². The van der Waals surface area contributed by atoms with Crippen molar-refractivity contribution in [2.75, 3.05) is 11.9 Å². The van der Waals surface area contributed by atoms with Crippen LogP contribution in [0.15, 0.2) is 57.5 Å². The minimum atomic E-state index is -4.11. The number of aryl methyl sites for hydroxylation is 2. The molecule has 3 rings (SSSR count). The first-order valence-corrected chi connectivity index (χ1v) is 10.5. The van der Waals surface area contributed by atoms with Gasteiger partial charge < -0.3 is 14.1 Å². The molecular formula is C19H18N2O5S2. The van der Waals surface area contributed by atoms with Crippen molar-refractivity contribution in [3.05, 3.63) is 75.0 Å². The topological polar surface area (TPSA) is 96.5 Å². The van der Waals surface area contributed by atoms with Crippen LogP contribution in [-0.4, -0.2) is 26.4 Å². The smallest absolute Gasteiger partial charge is 0.350 e. The maximum atomic E-state index is 12.6. The summed E-state index contributed by atoms with van der Waals surface area (Å²) in [5.74, 6) is -0.103. The molecular weight excluding hydrogens is 400 g/mol. The summed E-state index contributed by atoms with van der Waals surface area (Å²) < 4.78 is 29.6. The maximum absolute atomic E-state index is 12.6. The second kappa shape index (κ2) is 7.61. The summed E-state index contributed by atoms with van der Waals surface area (Å²) in [5, 5.41) is 0. The van der Waals surface area contributed by atoms with E-state index in [2.05, 4.69) is 4.98 Å². The lowest BCUT2D eigenvalue weighted by molar-refractivity contribution is 0.0993. The Hall–Kier alpha value is -2.91. The van der Waals surface area contributed by atoms with Gasteiger partial charge in [0.2, 0.25) is 0 Å². The van der Waals surface area contributed by atoms with E-state index < -0.39 is 15.0 Å². The second-order valence-electron chi connectivity index (χ2n) is 6.19. The van der Waals surface area contributed by atoms with E-state index in [4.69, 9.17) is 4.18 Å². The summed E-state index contributed by atoms with van der Waals surface area (Å²) in [6, 6.07) is 13.3. The van der Waals surface area contributed by atoms with Crippen molar-refractivity contribution < 1.29 is 17.4 Å². The zero-order valence-electron chi connectivity index (χ0n) is 15.4. The Bertz CT molecular complexity index is 1160. The summed E-state index contributed by atoms with van der Waals surface area (Å²) in [6.07, 6.45) is 0. The third kappa shape index (κ3) is 4.15. The number of anilines is 1. The molecule has 0 saturated carbocycles. The average Bonchev–Trinajstić information content (AvgIpc) is 3.01. The number of nitrogens with zero attached hydrogens (tertiary/aromatic N) is 1. The molecule has 0 saturated heterocycles. The Morgan fingerprint density at radius 3 is 2.18 bits per heavy atom. The summed E-state index contributed by atoms with van der Waals surface area (Å²) in [5.41, 5.74) is 2.42. The van der Waals surface area contributed by atoms with Gasteiger partial charge in [0.05, 0.1) is 0 Å². The third-order valence-corrected chi connectivity index (χ3v) is 6.85. The van der Waals surface area contributed by atoms with E-state index in [0.717, 1.165) is 5.56 Å². The molecule has 7 nitrogen and oxygen atoms in total. The number of aromatic amines is 1. The van der Waals surface area contributed by atoms with Crippen LogP contribution in [0.5, 0.6) is 5.75 Å². The van der Waals surface area contributed by atoms with Crippen molar-refractivity contribution in [3.63, 3.8) is 0 Å². The average molecular weight is 418 g/mol. The van der Waals surface area contributed by atoms with Crippen LogP contribution >= 0.6 is 11.3 Å². The molecule has 0 aliphatic rings. The number of hydrogen-bond acceptors (Lipinski definition) is 6. The fourth-order valence-corrected chi connectivity index (χ4v) is 4.71. The van der Waals surface area contributed by atoms with Crippen LogP contribution in [0, 0.1) is 13.8 Å². The quantitative estimate of drug-likeness (QED) is 0.642. The Morgan fingerprint density at radius 2 is 1.64 bits per heavy atom. The van der Waals surface area contributed by atoms with Gasteiger partial charge in [0.1, 0.15) is 5.75 Å². The first kappa shape index (κ1) is 19.8. The van der Waals surface area contributed by atoms with Crippen LogP contribution < -0.4 is 14.0 Å². The van der Waals surface area contributed by atoms with E-state index in [0.29, 0.717) is 22.6 Å². The van der Waals surface area contributed by atoms with Crippen LogP contribution in [0.2, 0.25) is 0 Å². The number of aromatic nitrogens is 1. The normalized spacial score (nSPS) is 11.2. The second-order valence-corrected chi connectivity index (χ2v) is 8.91. The number of rotatable bonds is 5. The highest BCUT2D eigenvalue weighted by molar-refractivity contribution is 7.89. The molecule has 0 aliphatic heterocycles. The highest BCUT2D eigenvalue weighted by atomic mass is 32.3. The monoisotopic (exact) mass is 418 g/mol. The molecule has 2 aromatic carbocycles. The lowest BCUT2D eigenvalue weighted by Crippen LogP contribution is -2.26. The molecule has 146 valence electrons. The number of benzene rings is 2. The molecule has 0 radical (unpaired) electrons. The molecule has 0 fully saturated rings. The van der Waals surface area contributed by atoms with Crippen LogP contribution in [0.4, 0.5) is 5.69 Å². The SMILES string of the molecule is Cc1ccc(C(=O)N(C)c2ccc(OS(=O)(=O)c3sc(=O)[nH]c3C)cc2)cc1. The largest absolute Gasteiger partial charge is 0.378 e. The molecule has 0 bridgehead atoms. The number of H-pyrrole nitrogens is 1. The van der Waals surface area contributed by atoms with Crippen molar-refractivity contribution in [2.24, 2.45) is 0 Å². The molecule has 3 aromatic rings. The maximum Gasteiger partial charge on any atom is 0.350 e. The fourth-order valence-electron chi connectivity index (χ4n) is 2.53. The highest BCUT2D eigenvalue weighted by Crippen LogP contribution is 2.25. The van der Waals surface area contributed by atoms with Crippen LogP contribution in [0.25, 0.3) is 0 Å². The Kier molecular flexibility index (Phi) is 5.39. The predicted molar refractivity (Wildman–Crippen MR) is 108 cm³/mol. The molecule has 0 atom stereocenters. The van der Waals surface area contributed by atoms with Crippen molar-refractivity contribution in [3.8, 4) is 5.75 Å². The molecule has 28 heavy (non-hydrogen) atoms. The van der Waals surface area contributed by atoms with Crippen LogP contribution in [0.3, 0.4) is 0 Å². The molecule has 9 heteroatoms. The summed E-state index contributed by atoms with van der Waals surface area (Å²) in [6.45, 7) is 3.43. The Labute approximate surface area is 166 Å². The third-order valence-electron chi connectivity index (χ3n) is 4.04. The molecule has 0 spiro atoms. The number of hydrogen-bond donors (Lipinski definition) is 1. The van der Waals surface area contributed by atoms with Crippen LogP contribution in [-0.2, 0) is 10.1 Å². The minimum absolute atomic E-state index is 0.0835. The zero-order chi connectivity index (χ0) is 20.5. The van der Waals surface area contributed by atoms with Gasteiger partial charge in [0.25, 0.3) is 5.91 Å². The van der Waals surface area contributed by atoms with E-state index >= 15 is 0 Å². The van der Waals surface area contributed by atoms with Gasteiger partial charge in [-0.2, -0.15) is 8.42 Å². The lowest BCUT2D eigenvalue weighted by atomic mass is 10.1. The summed E-state index contributed by atoms with van der Waals surface area (Å²) in [4.78, 5) is 27.3. The highest BCUT2D eigenvalue weighted by Gasteiger charge is 2.23. The molecule has 1 heterocycles. The standard InChI is InChI=1S/C19H18N2O5S2/c1-12-4-6-14(7-5-12)17(22)21(3)15-8-10-16(11-9-15)26-28(24,25)18-13(2)20-19(23)27-18/h4-11H,1-3H3,(H,20,23). The number of amides is 1. The van der Waals surface area contributed by atoms with Gasteiger partial charge in [0.15, 0.2) is 4.21 Å². The van der Waals surface area contributed by atoms with Gasteiger partial charge in [-0.15, -0.1) is 0 Å². The van der Waals surface area contributed by atoms with E-state index in [-0.39, 0.29) is 21.6 Å². The van der Waals surface area contributed by atoms with Crippen molar-refractivity contribution >= 4 is 33.0 Å². The van der Waals surface area contributed by atoms with Crippen molar-refractivity contribution in [1.29, 1.82) is 0 Å². The van der Waals surface area contributed by atoms with E-state index in [1.54, 1.807) is 31.3 Å². The fraction of sp³-hybridized carbons (Fsp3) is 0.158. The molecule has 1 N–H and O–H groups in total. The zero-order valence-corrected chi connectivity index (χ0v) is 17.1. The van der Waals surface area contributed by atoms with E-state index in [9.17, 15) is 18.0 Å². The number of carbonyl (C=O) groups excluding carboxylic acids is 1. The van der Waals surface area contributed by atoms with Gasteiger partial charge in [-0.25, -0.2) is 0 Å². The van der Waals surface area contributed by atoms with Gasteiger partial charge in [-0.3, -0.25) is 9.59 Å². The minimum Gasteiger partial charge on any atom is -0.378 e. The van der Waals surface area contributed by atoms with E-state index in [1.165, 1.54) is 24.0 Å². The number of thiazole rings is 1. The van der Waals surface area contributed by atoms with Crippen molar-refractivity contribution in [1.82, 2.24) is 4.98 Å². The summed E-state index contributed by atoms with van der Waals surface area (Å²) in [7, 11) is -2.48. The number of nitrogens with one attached hydrogen (secondary N) is 1. The predicted octanol–water partition coefficient (Wildman–Crippen LogP) is 3.10. The lowest BCUT2D eigenvalue weighted by Gasteiger charge is -2.18. The van der Waals surface area contributed by atoms with Gasteiger partial charge >= 0.3 is 15.0 Å². The number of carbonyl (C=O) groups is 1. The van der Waals surface area contributed by atoms with Gasteiger partial charge in [-0.05, 0) is 50.2 Å². The first-order chi connectivity index (χ1) is 13.2.